The minimum absolute atomic E-state index is 0.00885. The fourth-order valence-corrected chi connectivity index (χ4v) is 4.26. The molecular formula is C31H36FN3O6. The Morgan fingerprint density at radius 3 is 2.22 bits per heavy atom. The van der Waals surface area contributed by atoms with Crippen LogP contribution in [-0.4, -0.2) is 44.1 Å². The lowest BCUT2D eigenvalue weighted by Crippen LogP contribution is -2.47. The van der Waals surface area contributed by atoms with Crippen LogP contribution in [0.4, 0.5) is 14.9 Å². The molecule has 0 saturated heterocycles. The Morgan fingerprint density at radius 1 is 1.05 bits per heavy atom. The lowest BCUT2D eigenvalue weighted by molar-refractivity contribution is -0.144. The lowest BCUT2D eigenvalue weighted by atomic mass is 10.0. The number of carbonyl (C=O) groups excluding carboxylic acids is 2. The number of carboxylic acids is 1. The molecule has 9 nitrogen and oxygen atoms in total. The number of aliphatic carboxylic acids is 1. The number of ether oxygens (including phenoxy) is 1. The van der Waals surface area contributed by atoms with Gasteiger partial charge < -0.3 is 15.6 Å². The van der Waals surface area contributed by atoms with Gasteiger partial charge in [-0.25, -0.2) is 14.0 Å². The van der Waals surface area contributed by atoms with E-state index in [4.69, 9.17) is 10.5 Å². The summed E-state index contributed by atoms with van der Waals surface area (Å²) < 4.78 is 20.4. The molecule has 1 heterocycles. The summed E-state index contributed by atoms with van der Waals surface area (Å²) in [7, 11) is 0. The smallest absolute Gasteiger partial charge is 0.411 e. The van der Waals surface area contributed by atoms with Gasteiger partial charge in [0.1, 0.15) is 17.5 Å². The van der Waals surface area contributed by atoms with Crippen LogP contribution in [0, 0.1) is 18.7 Å². The second-order valence-corrected chi connectivity index (χ2v) is 11.4. The molecule has 0 aliphatic rings. The molecule has 0 bridgehead atoms. The van der Waals surface area contributed by atoms with Crippen molar-refractivity contribution in [2.75, 3.05) is 5.73 Å². The van der Waals surface area contributed by atoms with Gasteiger partial charge in [0.25, 0.3) is 5.56 Å². The van der Waals surface area contributed by atoms with E-state index in [1.807, 2.05) is 13.8 Å². The highest BCUT2D eigenvalue weighted by molar-refractivity contribution is 6.09. The van der Waals surface area contributed by atoms with Crippen LogP contribution in [0.1, 0.15) is 68.1 Å². The highest BCUT2D eigenvalue weighted by Gasteiger charge is 2.33. The summed E-state index contributed by atoms with van der Waals surface area (Å²) >= 11 is 0. The van der Waals surface area contributed by atoms with Crippen molar-refractivity contribution in [3.8, 4) is 5.69 Å². The Labute approximate surface area is 238 Å². The number of halogens is 1. The highest BCUT2D eigenvalue weighted by Crippen LogP contribution is 2.21. The van der Waals surface area contributed by atoms with Gasteiger partial charge in [-0.05, 0) is 87.6 Å². The van der Waals surface area contributed by atoms with Crippen LogP contribution in [0.25, 0.3) is 5.69 Å². The topological polar surface area (TPSA) is 132 Å². The summed E-state index contributed by atoms with van der Waals surface area (Å²) in [6.07, 6.45) is 0.849. The molecule has 0 aliphatic heterocycles. The Bertz CT molecular complexity index is 1510. The van der Waals surface area contributed by atoms with Crippen molar-refractivity contribution >= 4 is 23.5 Å². The number of benzene rings is 2. The molecule has 1 atom stereocenters. The molecule has 1 amide bonds. The number of carboxylic acid groups (broad SMARTS) is 1. The third kappa shape index (κ3) is 7.81. The minimum Gasteiger partial charge on any atom is -0.480 e. The Kier molecular flexibility index (Phi) is 9.37. The van der Waals surface area contributed by atoms with E-state index in [1.165, 1.54) is 39.9 Å². The SMILES string of the molecule is Cc1cc(C(=O)c2cc(N)c(=O)n(-c3ccc(CN(C(=O)OC(C)(C)C)[C@@H](CC(C)C)C(=O)O)cc3)c2)ccc1F. The zero-order valence-electron chi connectivity index (χ0n) is 24.1. The first-order chi connectivity index (χ1) is 19.1. The largest absolute Gasteiger partial charge is 0.480 e. The summed E-state index contributed by atoms with van der Waals surface area (Å²) in [4.78, 5) is 52.3. The number of ketones is 1. The van der Waals surface area contributed by atoms with Gasteiger partial charge >= 0.3 is 12.1 Å². The number of aromatic nitrogens is 1. The van der Waals surface area contributed by atoms with E-state index in [-0.39, 0.29) is 35.7 Å². The van der Waals surface area contributed by atoms with Crippen molar-refractivity contribution < 1.29 is 28.6 Å². The van der Waals surface area contributed by atoms with Crippen molar-refractivity contribution in [1.29, 1.82) is 0 Å². The normalized spacial score (nSPS) is 12.2. The van der Waals surface area contributed by atoms with E-state index >= 15 is 0 Å². The van der Waals surface area contributed by atoms with Gasteiger partial charge in [0.2, 0.25) is 0 Å². The van der Waals surface area contributed by atoms with E-state index in [9.17, 15) is 28.7 Å². The number of nitrogens with zero attached hydrogens (tertiary/aromatic N) is 2. The third-order valence-corrected chi connectivity index (χ3v) is 6.28. The number of nitrogens with two attached hydrogens (primary N) is 1. The van der Waals surface area contributed by atoms with E-state index in [1.54, 1.807) is 52.0 Å². The van der Waals surface area contributed by atoms with Crippen molar-refractivity contribution in [3.05, 3.63) is 93.2 Å². The molecule has 3 rings (SSSR count). The number of hydrogen-bond donors (Lipinski definition) is 2. The molecule has 2 aromatic carbocycles. The quantitative estimate of drug-likeness (QED) is 0.335. The Morgan fingerprint density at radius 2 is 1.68 bits per heavy atom. The van der Waals surface area contributed by atoms with Crippen LogP contribution < -0.4 is 11.3 Å². The summed E-state index contributed by atoms with van der Waals surface area (Å²) in [5.41, 5.74) is 6.15. The zero-order valence-corrected chi connectivity index (χ0v) is 24.1. The number of carbonyl (C=O) groups is 3. The average molecular weight is 566 g/mol. The molecule has 0 saturated carbocycles. The second kappa shape index (κ2) is 12.4. The summed E-state index contributed by atoms with van der Waals surface area (Å²) in [6.45, 7) is 10.4. The van der Waals surface area contributed by atoms with Crippen LogP contribution in [0.15, 0.2) is 59.5 Å². The fraction of sp³-hybridized carbons (Fsp3) is 0.355. The molecule has 3 aromatic rings. The van der Waals surface area contributed by atoms with Gasteiger partial charge in [-0.2, -0.15) is 0 Å². The van der Waals surface area contributed by atoms with Gasteiger partial charge in [-0.15, -0.1) is 0 Å². The summed E-state index contributed by atoms with van der Waals surface area (Å²) in [5.74, 6) is -1.99. The molecule has 0 fully saturated rings. The molecule has 0 unspecified atom stereocenters. The van der Waals surface area contributed by atoms with Gasteiger partial charge in [0.15, 0.2) is 5.78 Å². The summed E-state index contributed by atoms with van der Waals surface area (Å²) in [5, 5.41) is 9.90. The highest BCUT2D eigenvalue weighted by atomic mass is 19.1. The predicted molar refractivity (Wildman–Crippen MR) is 154 cm³/mol. The minimum atomic E-state index is -1.14. The molecule has 41 heavy (non-hydrogen) atoms. The maximum atomic E-state index is 13.7. The number of amides is 1. The lowest BCUT2D eigenvalue weighted by Gasteiger charge is -2.32. The van der Waals surface area contributed by atoms with Crippen LogP contribution >= 0.6 is 0 Å². The average Bonchev–Trinajstić information content (AvgIpc) is 2.88. The van der Waals surface area contributed by atoms with Crippen molar-refractivity contribution in [3.63, 3.8) is 0 Å². The fourth-order valence-electron chi connectivity index (χ4n) is 4.26. The first-order valence-corrected chi connectivity index (χ1v) is 13.2. The van der Waals surface area contributed by atoms with Crippen molar-refractivity contribution in [2.24, 2.45) is 5.92 Å². The van der Waals surface area contributed by atoms with Gasteiger partial charge in [0, 0.05) is 29.6 Å². The number of anilines is 1. The molecule has 0 radical (unpaired) electrons. The number of pyridine rings is 1. The molecular weight excluding hydrogens is 529 g/mol. The van der Waals surface area contributed by atoms with Gasteiger partial charge in [0.05, 0.1) is 5.69 Å². The van der Waals surface area contributed by atoms with Gasteiger partial charge in [-0.1, -0.05) is 26.0 Å². The first kappa shape index (κ1) is 31.1. The number of nitrogen functional groups attached to an aromatic ring is 1. The third-order valence-electron chi connectivity index (χ3n) is 6.28. The molecule has 0 aliphatic carbocycles. The van der Waals surface area contributed by atoms with Crippen molar-refractivity contribution in [1.82, 2.24) is 9.47 Å². The Hall–Kier alpha value is -4.47. The molecule has 10 heteroatoms. The van der Waals surface area contributed by atoms with Crippen LogP contribution in [-0.2, 0) is 16.1 Å². The van der Waals surface area contributed by atoms with E-state index in [0.29, 0.717) is 16.8 Å². The predicted octanol–water partition coefficient (Wildman–Crippen LogP) is 5.33. The summed E-state index contributed by atoms with van der Waals surface area (Å²) in [6, 6.07) is 10.7. The number of hydrogen-bond acceptors (Lipinski definition) is 6. The molecule has 0 spiro atoms. The van der Waals surface area contributed by atoms with Gasteiger partial charge in [-0.3, -0.25) is 19.1 Å². The van der Waals surface area contributed by atoms with E-state index in [2.05, 4.69) is 0 Å². The molecule has 218 valence electrons. The van der Waals surface area contributed by atoms with Crippen molar-refractivity contribution in [2.45, 2.75) is 66.2 Å². The molecule has 3 N–H and O–H groups in total. The van der Waals surface area contributed by atoms with E-state index < -0.39 is 40.9 Å². The maximum absolute atomic E-state index is 13.7. The van der Waals surface area contributed by atoms with Crippen LogP contribution in [0.3, 0.4) is 0 Å². The monoisotopic (exact) mass is 565 g/mol. The second-order valence-electron chi connectivity index (χ2n) is 11.4. The van der Waals surface area contributed by atoms with Crippen LogP contribution in [0.5, 0.6) is 0 Å². The number of rotatable bonds is 9. The first-order valence-electron chi connectivity index (χ1n) is 13.2. The maximum Gasteiger partial charge on any atom is 0.411 e. The molecule has 1 aromatic heterocycles. The number of aryl methyl sites for hydroxylation is 1. The van der Waals surface area contributed by atoms with Crippen LogP contribution in [0.2, 0.25) is 0 Å². The Balaban J connectivity index is 1.95. The zero-order chi connectivity index (χ0) is 30.6. The van der Waals surface area contributed by atoms with E-state index in [0.717, 1.165) is 0 Å². The standard InChI is InChI=1S/C31H36FN3O6/c1-18(2)13-26(29(38)39)35(30(40)41-31(4,5)6)16-20-7-10-23(11-8-20)34-17-22(15-25(33)28(34)37)27(36)21-9-12-24(32)19(3)14-21/h7-12,14-15,17-18,26H,13,16,33H2,1-6H3,(H,38,39)/t26-/m0/s1.